The van der Waals surface area contributed by atoms with Crippen molar-refractivity contribution >= 4 is 23.6 Å². The van der Waals surface area contributed by atoms with Gasteiger partial charge in [0, 0.05) is 34.1 Å². The zero-order chi connectivity index (χ0) is 24.9. The van der Waals surface area contributed by atoms with E-state index in [0.29, 0.717) is 46.5 Å². The first kappa shape index (κ1) is 23.7. The van der Waals surface area contributed by atoms with Crippen molar-refractivity contribution in [2.75, 3.05) is 13.2 Å². The minimum absolute atomic E-state index is 0.200. The van der Waals surface area contributed by atoms with Crippen molar-refractivity contribution in [2.45, 2.75) is 12.7 Å². The van der Waals surface area contributed by atoms with Crippen LogP contribution < -0.4 is 9.47 Å². The van der Waals surface area contributed by atoms with Crippen LogP contribution in [0, 0.1) is 0 Å². The molecule has 1 atom stereocenters. The van der Waals surface area contributed by atoms with Crippen molar-refractivity contribution in [3.8, 4) is 17.2 Å². The second-order valence-corrected chi connectivity index (χ2v) is 8.64. The van der Waals surface area contributed by atoms with E-state index in [-0.39, 0.29) is 6.61 Å². The maximum absolute atomic E-state index is 12.3. The van der Waals surface area contributed by atoms with Gasteiger partial charge in [-0.2, -0.15) is 0 Å². The van der Waals surface area contributed by atoms with Gasteiger partial charge in [-0.1, -0.05) is 54.1 Å². The zero-order valence-corrected chi connectivity index (χ0v) is 20.1. The van der Waals surface area contributed by atoms with Crippen molar-refractivity contribution in [1.82, 2.24) is 4.57 Å². The molecule has 1 aliphatic rings. The van der Waals surface area contributed by atoms with Crippen LogP contribution in [0.1, 0.15) is 28.5 Å². The van der Waals surface area contributed by atoms with Gasteiger partial charge in [0.15, 0.2) is 11.5 Å². The monoisotopic (exact) mass is 501 g/mol. The van der Waals surface area contributed by atoms with Gasteiger partial charge in [0.25, 0.3) is 0 Å². The predicted octanol–water partition coefficient (Wildman–Crippen LogP) is 5.74. The van der Waals surface area contributed by atoms with Gasteiger partial charge in [-0.05, 0) is 48.0 Å². The Hall–Kier alpha value is -4.00. The molecule has 0 spiro atoms. The molecule has 1 unspecified atom stereocenters. The van der Waals surface area contributed by atoms with E-state index in [1.54, 1.807) is 18.2 Å². The molecule has 0 aliphatic carbocycles. The second-order valence-electron chi connectivity index (χ2n) is 8.21. The number of hydrogen-bond donors (Lipinski definition) is 1. The Morgan fingerprint density at radius 3 is 2.69 bits per heavy atom. The van der Waals surface area contributed by atoms with Gasteiger partial charge in [0.2, 0.25) is 0 Å². The molecule has 4 aromatic rings. The highest BCUT2D eigenvalue weighted by Crippen LogP contribution is 2.41. The second kappa shape index (κ2) is 10.7. The summed E-state index contributed by atoms with van der Waals surface area (Å²) in [4.78, 5) is 12.3. The maximum Gasteiger partial charge on any atom is 0.331 e. The van der Waals surface area contributed by atoms with E-state index >= 15 is 0 Å². The lowest BCUT2D eigenvalue weighted by atomic mass is 9.98. The number of rotatable bonds is 7. The molecule has 5 rings (SSSR count). The van der Waals surface area contributed by atoms with Crippen LogP contribution in [0.5, 0.6) is 11.5 Å². The van der Waals surface area contributed by atoms with E-state index in [9.17, 15) is 9.90 Å². The number of halogens is 1. The van der Waals surface area contributed by atoms with Crippen LogP contribution in [0.2, 0.25) is 5.02 Å². The Labute approximate surface area is 213 Å². The van der Waals surface area contributed by atoms with Crippen LogP contribution in [0.4, 0.5) is 0 Å². The first-order valence-electron chi connectivity index (χ1n) is 11.5. The zero-order valence-electron chi connectivity index (χ0n) is 19.3. The lowest BCUT2D eigenvalue weighted by Crippen LogP contribution is -2.18. The highest BCUT2D eigenvalue weighted by atomic mass is 35.5. The molecule has 0 saturated carbocycles. The fraction of sp³-hybridized carbons (Fsp3) is 0.138. The summed E-state index contributed by atoms with van der Waals surface area (Å²) in [6, 6.07) is 24.0. The molecule has 0 saturated heterocycles. The first-order chi connectivity index (χ1) is 17.6. The largest absolute Gasteiger partial charge is 0.486 e. The average Bonchev–Trinajstić information content (AvgIpc) is 3.39. The van der Waals surface area contributed by atoms with Gasteiger partial charge < -0.3 is 23.9 Å². The number of para-hydroxylation sites is 1. The molecular weight excluding hydrogens is 478 g/mol. The van der Waals surface area contributed by atoms with Gasteiger partial charge in [0.05, 0.1) is 5.69 Å². The molecule has 1 aromatic heterocycles. The molecule has 3 aromatic carbocycles. The number of carbonyl (C=O) groups excluding carboxylic acids is 1. The van der Waals surface area contributed by atoms with Gasteiger partial charge in [-0.25, -0.2) is 4.79 Å². The van der Waals surface area contributed by atoms with E-state index < -0.39 is 12.1 Å². The summed E-state index contributed by atoms with van der Waals surface area (Å²) >= 11 is 6.33. The van der Waals surface area contributed by atoms with Crippen molar-refractivity contribution in [1.29, 1.82) is 0 Å². The van der Waals surface area contributed by atoms with E-state index in [4.69, 9.17) is 25.8 Å². The molecule has 2 heterocycles. The Morgan fingerprint density at radius 1 is 1.00 bits per heavy atom. The standard InChI is InChI=1S/C29H24ClNO5/c30-21-11-13-25(24(18-21)28(33)23-9-4-10-26-29(23)35-17-16-34-26)31-15-5-8-22(31)12-14-27(32)36-19-20-6-2-1-3-7-20/h1-15,18,28,33H,16-17,19H2. The van der Waals surface area contributed by atoms with E-state index in [0.717, 1.165) is 11.3 Å². The third-order valence-electron chi connectivity index (χ3n) is 5.83. The molecular formula is C29H24ClNO5. The van der Waals surface area contributed by atoms with Crippen LogP contribution in [0.3, 0.4) is 0 Å². The lowest BCUT2D eigenvalue weighted by Gasteiger charge is -2.24. The highest BCUT2D eigenvalue weighted by Gasteiger charge is 2.24. The van der Waals surface area contributed by atoms with Gasteiger partial charge in [-0.15, -0.1) is 0 Å². The number of ether oxygens (including phenoxy) is 3. The van der Waals surface area contributed by atoms with Crippen LogP contribution >= 0.6 is 11.6 Å². The van der Waals surface area contributed by atoms with Crippen LogP contribution in [-0.2, 0) is 16.1 Å². The summed E-state index contributed by atoms with van der Waals surface area (Å²) < 4.78 is 18.7. The Bertz CT molecular complexity index is 1400. The number of aliphatic hydroxyl groups is 1. The summed E-state index contributed by atoms with van der Waals surface area (Å²) in [7, 11) is 0. The summed E-state index contributed by atoms with van der Waals surface area (Å²) in [6.07, 6.45) is 3.90. The topological polar surface area (TPSA) is 69.9 Å². The number of fused-ring (bicyclic) bond motifs is 1. The third-order valence-corrected chi connectivity index (χ3v) is 6.06. The normalized spacial score (nSPS) is 13.5. The maximum atomic E-state index is 12.3. The minimum atomic E-state index is -1.02. The number of aliphatic hydroxyl groups excluding tert-OH is 1. The summed E-state index contributed by atoms with van der Waals surface area (Å²) in [5, 5.41) is 11.9. The Morgan fingerprint density at radius 2 is 1.83 bits per heavy atom. The fourth-order valence-corrected chi connectivity index (χ4v) is 4.30. The number of nitrogens with zero attached hydrogens (tertiary/aromatic N) is 1. The van der Waals surface area contributed by atoms with Crippen molar-refractivity contribution in [2.24, 2.45) is 0 Å². The molecule has 0 amide bonds. The van der Waals surface area contributed by atoms with Crippen LogP contribution in [0.25, 0.3) is 11.8 Å². The number of esters is 1. The predicted molar refractivity (Wildman–Crippen MR) is 138 cm³/mol. The van der Waals surface area contributed by atoms with E-state index in [1.807, 2.05) is 77.5 Å². The van der Waals surface area contributed by atoms with Gasteiger partial charge in [0.1, 0.15) is 25.9 Å². The molecule has 1 aliphatic heterocycles. The van der Waals surface area contributed by atoms with Crippen molar-refractivity contribution < 1.29 is 24.1 Å². The highest BCUT2D eigenvalue weighted by molar-refractivity contribution is 6.30. The summed E-state index contributed by atoms with van der Waals surface area (Å²) in [5.41, 5.74) is 3.53. The Kier molecular flexibility index (Phi) is 7.07. The smallest absolute Gasteiger partial charge is 0.331 e. The lowest BCUT2D eigenvalue weighted by molar-refractivity contribution is -0.138. The molecule has 6 nitrogen and oxygen atoms in total. The number of carbonyl (C=O) groups is 1. The Balaban J connectivity index is 1.42. The average molecular weight is 502 g/mol. The van der Waals surface area contributed by atoms with E-state index in [1.165, 1.54) is 6.08 Å². The quantitative estimate of drug-likeness (QED) is 0.258. The van der Waals surface area contributed by atoms with Crippen LogP contribution in [0.15, 0.2) is 91.1 Å². The molecule has 7 heteroatoms. The summed E-state index contributed by atoms with van der Waals surface area (Å²) in [5.74, 6) is 0.673. The molecule has 0 radical (unpaired) electrons. The molecule has 182 valence electrons. The van der Waals surface area contributed by atoms with E-state index in [2.05, 4.69) is 0 Å². The number of benzene rings is 3. The fourth-order valence-electron chi connectivity index (χ4n) is 4.12. The summed E-state index contributed by atoms with van der Waals surface area (Å²) in [6.45, 7) is 1.07. The molecule has 36 heavy (non-hydrogen) atoms. The molecule has 0 bridgehead atoms. The molecule has 1 N–H and O–H groups in total. The SMILES string of the molecule is O=C(C=Cc1cccn1-c1ccc(Cl)cc1C(O)c1cccc2c1OCCO2)OCc1ccccc1. The van der Waals surface area contributed by atoms with Gasteiger partial charge in [-0.3, -0.25) is 0 Å². The van der Waals surface area contributed by atoms with Crippen LogP contribution in [-0.4, -0.2) is 28.9 Å². The molecule has 0 fully saturated rings. The third kappa shape index (κ3) is 5.15. The number of hydrogen-bond acceptors (Lipinski definition) is 5. The van der Waals surface area contributed by atoms with Crippen molar-refractivity contribution in [3.05, 3.63) is 119 Å². The minimum Gasteiger partial charge on any atom is -0.486 e. The first-order valence-corrected chi connectivity index (χ1v) is 11.9. The van der Waals surface area contributed by atoms with Crippen molar-refractivity contribution in [3.63, 3.8) is 0 Å². The van der Waals surface area contributed by atoms with Gasteiger partial charge >= 0.3 is 5.97 Å². The number of aromatic nitrogens is 1.